The van der Waals surface area contributed by atoms with Crippen LogP contribution < -0.4 is 14.8 Å². The number of rotatable bonds is 5. The largest absolute Gasteiger partial charge is 0.497 e. The first kappa shape index (κ1) is 13.1. The summed E-state index contributed by atoms with van der Waals surface area (Å²) in [5.74, 6) is 2.12. The molecule has 0 aliphatic rings. The number of hydrogen-bond acceptors (Lipinski definition) is 5. The van der Waals surface area contributed by atoms with Crippen LogP contribution in [0, 0.1) is 0 Å². The van der Waals surface area contributed by atoms with Gasteiger partial charge in [0.15, 0.2) is 0 Å². The standard InChI is InChI=1S/C14H17N3O2/c1-4-15-14-16-8-7-12(17-14)11-9-10(18-2)5-6-13(11)19-3/h5-9H,4H2,1-3H3,(H,15,16,17). The molecule has 2 aromatic rings. The summed E-state index contributed by atoms with van der Waals surface area (Å²) in [7, 11) is 3.27. The zero-order valence-electron chi connectivity index (χ0n) is 11.3. The quantitative estimate of drug-likeness (QED) is 0.894. The van der Waals surface area contributed by atoms with Gasteiger partial charge in [0.05, 0.1) is 19.9 Å². The normalized spacial score (nSPS) is 10.1. The van der Waals surface area contributed by atoms with Crippen LogP contribution in [0.25, 0.3) is 11.3 Å². The van der Waals surface area contributed by atoms with E-state index >= 15 is 0 Å². The smallest absolute Gasteiger partial charge is 0.223 e. The van der Waals surface area contributed by atoms with Crippen LogP contribution in [-0.4, -0.2) is 30.7 Å². The number of nitrogens with one attached hydrogen (secondary N) is 1. The average Bonchev–Trinajstić information content (AvgIpc) is 2.47. The predicted octanol–water partition coefficient (Wildman–Crippen LogP) is 2.59. The molecular formula is C14H17N3O2. The SMILES string of the molecule is CCNc1nccc(-c2cc(OC)ccc2OC)n1. The first-order valence-corrected chi connectivity index (χ1v) is 6.07. The van der Waals surface area contributed by atoms with E-state index in [1.54, 1.807) is 20.4 Å². The van der Waals surface area contributed by atoms with Gasteiger partial charge in [-0.2, -0.15) is 0 Å². The van der Waals surface area contributed by atoms with Crippen LogP contribution in [0.1, 0.15) is 6.92 Å². The molecule has 0 fully saturated rings. The van der Waals surface area contributed by atoms with Crippen molar-refractivity contribution in [1.29, 1.82) is 0 Å². The van der Waals surface area contributed by atoms with E-state index in [0.717, 1.165) is 29.3 Å². The number of hydrogen-bond donors (Lipinski definition) is 1. The zero-order valence-corrected chi connectivity index (χ0v) is 11.3. The van der Waals surface area contributed by atoms with E-state index in [-0.39, 0.29) is 0 Å². The second-order valence-corrected chi connectivity index (χ2v) is 3.86. The molecule has 0 aliphatic heterocycles. The second kappa shape index (κ2) is 6.04. The summed E-state index contributed by atoms with van der Waals surface area (Å²) in [4.78, 5) is 8.62. The van der Waals surface area contributed by atoms with Crippen molar-refractivity contribution in [1.82, 2.24) is 9.97 Å². The Hall–Kier alpha value is -2.30. The third kappa shape index (κ3) is 2.93. The van der Waals surface area contributed by atoms with E-state index in [0.29, 0.717) is 5.95 Å². The van der Waals surface area contributed by atoms with Gasteiger partial charge in [0.25, 0.3) is 0 Å². The third-order valence-electron chi connectivity index (χ3n) is 2.67. The maximum Gasteiger partial charge on any atom is 0.223 e. The van der Waals surface area contributed by atoms with Gasteiger partial charge in [0.2, 0.25) is 5.95 Å². The lowest BCUT2D eigenvalue weighted by Crippen LogP contribution is -2.02. The fraction of sp³-hybridized carbons (Fsp3) is 0.286. The summed E-state index contributed by atoms with van der Waals surface area (Å²) in [6.45, 7) is 2.78. The highest BCUT2D eigenvalue weighted by atomic mass is 16.5. The number of benzene rings is 1. The van der Waals surface area contributed by atoms with Gasteiger partial charge in [0.1, 0.15) is 11.5 Å². The summed E-state index contributed by atoms with van der Waals surface area (Å²) < 4.78 is 10.6. The van der Waals surface area contributed by atoms with Crippen molar-refractivity contribution in [2.24, 2.45) is 0 Å². The molecule has 19 heavy (non-hydrogen) atoms. The number of anilines is 1. The maximum atomic E-state index is 5.36. The highest BCUT2D eigenvalue weighted by Crippen LogP contribution is 2.32. The van der Waals surface area contributed by atoms with Crippen LogP contribution in [-0.2, 0) is 0 Å². The Morgan fingerprint density at radius 1 is 1.16 bits per heavy atom. The number of nitrogens with zero attached hydrogens (tertiary/aromatic N) is 2. The van der Waals surface area contributed by atoms with Crippen molar-refractivity contribution in [3.05, 3.63) is 30.5 Å². The molecule has 100 valence electrons. The summed E-state index contributed by atoms with van der Waals surface area (Å²) in [6, 6.07) is 7.47. The molecule has 1 heterocycles. The summed E-state index contributed by atoms with van der Waals surface area (Å²) in [5.41, 5.74) is 1.67. The lowest BCUT2D eigenvalue weighted by Gasteiger charge is -2.10. The van der Waals surface area contributed by atoms with Crippen molar-refractivity contribution in [3.63, 3.8) is 0 Å². The minimum Gasteiger partial charge on any atom is -0.497 e. The number of aromatic nitrogens is 2. The Morgan fingerprint density at radius 2 is 2.00 bits per heavy atom. The molecule has 1 aromatic heterocycles. The van der Waals surface area contributed by atoms with Crippen molar-refractivity contribution in [2.45, 2.75) is 6.92 Å². The van der Waals surface area contributed by atoms with Crippen LogP contribution in [0.3, 0.4) is 0 Å². The van der Waals surface area contributed by atoms with E-state index in [2.05, 4.69) is 15.3 Å². The number of ether oxygens (including phenoxy) is 2. The fourth-order valence-electron chi connectivity index (χ4n) is 1.77. The van der Waals surface area contributed by atoms with E-state index < -0.39 is 0 Å². The van der Waals surface area contributed by atoms with Crippen LogP contribution in [0.15, 0.2) is 30.5 Å². The highest BCUT2D eigenvalue weighted by Gasteiger charge is 2.09. The molecule has 5 heteroatoms. The minimum absolute atomic E-state index is 0.602. The fourth-order valence-corrected chi connectivity index (χ4v) is 1.77. The minimum atomic E-state index is 0.602. The summed E-state index contributed by atoms with van der Waals surface area (Å²) >= 11 is 0. The van der Waals surface area contributed by atoms with Gasteiger partial charge in [-0.25, -0.2) is 9.97 Å². The van der Waals surface area contributed by atoms with Gasteiger partial charge in [-0.15, -0.1) is 0 Å². The predicted molar refractivity (Wildman–Crippen MR) is 74.7 cm³/mol. The van der Waals surface area contributed by atoms with Gasteiger partial charge >= 0.3 is 0 Å². The van der Waals surface area contributed by atoms with E-state index in [4.69, 9.17) is 9.47 Å². The Labute approximate surface area is 112 Å². The molecule has 0 radical (unpaired) electrons. The first-order valence-electron chi connectivity index (χ1n) is 6.07. The molecule has 5 nitrogen and oxygen atoms in total. The van der Waals surface area contributed by atoms with Crippen LogP contribution in [0.4, 0.5) is 5.95 Å². The Kier molecular flexibility index (Phi) is 4.18. The lowest BCUT2D eigenvalue weighted by molar-refractivity contribution is 0.404. The third-order valence-corrected chi connectivity index (χ3v) is 2.67. The number of methoxy groups -OCH3 is 2. The first-order chi connectivity index (χ1) is 9.28. The molecular weight excluding hydrogens is 242 g/mol. The van der Waals surface area contributed by atoms with E-state index in [1.807, 2.05) is 31.2 Å². The molecule has 1 aromatic carbocycles. The monoisotopic (exact) mass is 259 g/mol. The van der Waals surface area contributed by atoms with Gasteiger partial charge < -0.3 is 14.8 Å². The topological polar surface area (TPSA) is 56.3 Å². The molecule has 0 saturated carbocycles. The Morgan fingerprint density at radius 3 is 2.68 bits per heavy atom. The molecule has 0 atom stereocenters. The molecule has 2 rings (SSSR count). The van der Waals surface area contributed by atoms with Crippen molar-refractivity contribution < 1.29 is 9.47 Å². The van der Waals surface area contributed by atoms with Gasteiger partial charge in [-0.3, -0.25) is 0 Å². The lowest BCUT2D eigenvalue weighted by atomic mass is 10.1. The van der Waals surface area contributed by atoms with Crippen LogP contribution >= 0.6 is 0 Å². The average molecular weight is 259 g/mol. The molecule has 0 spiro atoms. The molecule has 0 unspecified atom stereocenters. The molecule has 0 bridgehead atoms. The molecule has 0 saturated heterocycles. The maximum absolute atomic E-state index is 5.36. The van der Waals surface area contributed by atoms with Gasteiger partial charge in [0, 0.05) is 18.3 Å². The molecule has 1 N–H and O–H groups in total. The van der Waals surface area contributed by atoms with E-state index in [1.165, 1.54) is 0 Å². The summed E-state index contributed by atoms with van der Waals surface area (Å²) in [5, 5.41) is 3.09. The van der Waals surface area contributed by atoms with Crippen molar-refractivity contribution >= 4 is 5.95 Å². The Balaban J connectivity index is 2.47. The molecule has 0 amide bonds. The second-order valence-electron chi connectivity index (χ2n) is 3.86. The van der Waals surface area contributed by atoms with Crippen molar-refractivity contribution in [2.75, 3.05) is 26.1 Å². The Bertz CT molecular complexity index is 558. The van der Waals surface area contributed by atoms with Gasteiger partial charge in [-0.1, -0.05) is 0 Å². The highest BCUT2D eigenvalue weighted by molar-refractivity contribution is 5.69. The van der Waals surface area contributed by atoms with Crippen LogP contribution in [0.2, 0.25) is 0 Å². The van der Waals surface area contributed by atoms with E-state index in [9.17, 15) is 0 Å². The van der Waals surface area contributed by atoms with Gasteiger partial charge in [-0.05, 0) is 31.2 Å². The van der Waals surface area contributed by atoms with Crippen LogP contribution in [0.5, 0.6) is 11.5 Å². The zero-order chi connectivity index (χ0) is 13.7. The molecule has 0 aliphatic carbocycles. The van der Waals surface area contributed by atoms with Crippen molar-refractivity contribution in [3.8, 4) is 22.8 Å². The summed E-state index contributed by atoms with van der Waals surface area (Å²) in [6.07, 6.45) is 1.72.